The number of rotatable bonds is 5. The Hall–Kier alpha value is -3.08. The molecule has 0 spiro atoms. The number of nitrogens with one attached hydrogen (secondary N) is 2. The molecule has 1 fully saturated rings. The van der Waals surface area contributed by atoms with Gasteiger partial charge < -0.3 is 10.3 Å². The third-order valence-corrected chi connectivity index (χ3v) is 7.97. The fraction of sp³-hybridized carbons (Fsp3) is 0.261. The van der Waals surface area contributed by atoms with Crippen LogP contribution in [-0.2, 0) is 10.0 Å². The Morgan fingerprint density at radius 1 is 1.15 bits per heavy atom. The molecule has 5 rings (SSSR count). The lowest BCUT2D eigenvalue weighted by Gasteiger charge is -2.30. The molecular formula is C23H23N5O3S2. The average molecular weight is 482 g/mol. The number of benzene rings is 2. The van der Waals surface area contributed by atoms with Crippen LogP contribution in [0.3, 0.4) is 0 Å². The average Bonchev–Trinajstić information content (AvgIpc) is 3.47. The minimum Gasteiger partial charge on any atom is -0.334 e. The molecule has 1 atom stereocenters. The van der Waals surface area contributed by atoms with Gasteiger partial charge in [0.25, 0.3) is 5.91 Å². The Balaban J connectivity index is 1.38. The third kappa shape index (κ3) is 4.54. The van der Waals surface area contributed by atoms with E-state index in [-0.39, 0.29) is 17.6 Å². The lowest BCUT2D eigenvalue weighted by atomic mass is 9.97. The van der Waals surface area contributed by atoms with E-state index < -0.39 is 10.0 Å². The molecule has 10 heteroatoms. The Bertz CT molecular complexity index is 1390. The van der Waals surface area contributed by atoms with Crippen LogP contribution in [-0.4, -0.2) is 52.9 Å². The summed E-state index contributed by atoms with van der Waals surface area (Å²) in [6, 6.07) is 15.0. The molecule has 3 heterocycles. The monoisotopic (exact) mass is 481 g/mol. The quantitative estimate of drug-likeness (QED) is 0.447. The number of sulfonamides is 1. The minimum atomic E-state index is -3.22. The number of thiazole rings is 1. The van der Waals surface area contributed by atoms with E-state index >= 15 is 0 Å². The first-order valence-electron chi connectivity index (χ1n) is 10.6. The Kier molecular flexibility index (Phi) is 5.73. The van der Waals surface area contributed by atoms with Crippen molar-refractivity contribution >= 4 is 44.0 Å². The number of aromatic nitrogens is 3. The van der Waals surface area contributed by atoms with Gasteiger partial charge in [-0.15, -0.1) is 11.3 Å². The lowest BCUT2D eigenvalue weighted by Crippen LogP contribution is -2.38. The predicted octanol–water partition coefficient (Wildman–Crippen LogP) is 4.08. The number of fused-ring (bicyclic) bond motifs is 1. The second kappa shape index (κ2) is 8.69. The smallest absolute Gasteiger partial charge is 0.291 e. The normalized spacial score (nSPS) is 17.3. The predicted molar refractivity (Wildman–Crippen MR) is 130 cm³/mol. The highest BCUT2D eigenvalue weighted by Gasteiger charge is 2.28. The molecule has 0 radical (unpaired) electrons. The molecule has 2 aromatic carbocycles. The highest BCUT2D eigenvalue weighted by atomic mass is 32.2. The van der Waals surface area contributed by atoms with E-state index in [1.165, 1.54) is 21.9 Å². The molecule has 2 aromatic heterocycles. The van der Waals surface area contributed by atoms with Crippen LogP contribution in [0.25, 0.3) is 21.6 Å². The van der Waals surface area contributed by atoms with Crippen LogP contribution in [0.15, 0.2) is 53.9 Å². The van der Waals surface area contributed by atoms with Crippen LogP contribution < -0.4 is 5.32 Å². The van der Waals surface area contributed by atoms with Gasteiger partial charge in [0, 0.05) is 30.0 Å². The maximum Gasteiger partial charge on any atom is 0.291 e. The van der Waals surface area contributed by atoms with E-state index in [2.05, 4.69) is 15.3 Å². The number of anilines is 1. The SMILES string of the molecule is CS(=O)(=O)N1CCC[C@H](c2csc(-c3ccccc3NC(=O)c3nc4ccccc4[nH]3)n2)C1. The summed E-state index contributed by atoms with van der Waals surface area (Å²) in [7, 11) is -3.22. The van der Waals surface area contributed by atoms with Crippen molar-refractivity contribution in [2.24, 2.45) is 0 Å². The first kappa shape index (κ1) is 21.7. The largest absolute Gasteiger partial charge is 0.334 e. The standard InChI is InChI=1S/C23H23N5O3S2/c1-33(30,31)28-12-6-7-15(13-28)20-14-32-23(27-20)16-8-2-3-9-17(16)26-22(29)21-24-18-10-4-5-11-19(18)25-21/h2-5,8-11,14-15H,6-7,12-13H2,1H3,(H,24,25)(H,26,29)/t15-/m0/s1. The van der Waals surface area contributed by atoms with E-state index in [0.717, 1.165) is 40.1 Å². The molecule has 0 unspecified atom stereocenters. The number of H-pyrrole nitrogens is 1. The summed E-state index contributed by atoms with van der Waals surface area (Å²) in [5.74, 6) is -0.0174. The van der Waals surface area contributed by atoms with Crippen molar-refractivity contribution in [3.05, 3.63) is 65.4 Å². The van der Waals surface area contributed by atoms with Crippen molar-refractivity contribution in [2.45, 2.75) is 18.8 Å². The number of aromatic amines is 1. The number of amides is 1. The van der Waals surface area contributed by atoms with Crippen molar-refractivity contribution in [3.8, 4) is 10.6 Å². The van der Waals surface area contributed by atoms with Crippen LogP contribution >= 0.6 is 11.3 Å². The number of imidazole rings is 1. The van der Waals surface area contributed by atoms with Gasteiger partial charge in [-0.25, -0.2) is 22.7 Å². The number of para-hydroxylation sites is 3. The number of nitrogens with zero attached hydrogens (tertiary/aromatic N) is 3. The molecule has 0 aliphatic carbocycles. The van der Waals surface area contributed by atoms with Gasteiger partial charge in [0.2, 0.25) is 10.0 Å². The molecule has 4 aromatic rings. The molecule has 8 nitrogen and oxygen atoms in total. The second-order valence-electron chi connectivity index (χ2n) is 8.14. The summed E-state index contributed by atoms with van der Waals surface area (Å²) < 4.78 is 25.5. The summed E-state index contributed by atoms with van der Waals surface area (Å²) in [5.41, 5.74) is 3.88. The number of hydrogen-bond donors (Lipinski definition) is 2. The number of carbonyl (C=O) groups is 1. The first-order valence-corrected chi connectivity index (χ1v) is 13.4. The van der Waals surface area contributed by atoms with Crippen molar-refractivity contribution in [3.63, 3.8) is 0 Å². The van der Waals surface area contributed by atoms with Gasteiger partial charge in [0.15, 0.2) is 5.82 Å². The van der Waals surface area contributed by atoms with Gasteiger partial charge in [0.05, 0.1) is 28.7 Å². The number of hydrogen-bond acceptors (Lipinski definition) is 6. The minimum absolute atomic E-state index is 0.0655. The second-order valence-corrected chi connectivity index (χ2v) is 11.0. The maximum absolute atomic E-state index is 12.9. The number of carbonyl (C=O) groups excluding carboxylic acids is 1. The van der Waals surface area contributed by atoms with Gasteiger partial charge in [-0.2, -0.15) is 0 Å². The lowest BCUT2D eigenvalue weighted by molar-refractivity contribution is 0.101. The first-order chi connectivity index (χ1) is 15.9. The van der Waals surface area contributed by atoms with Gasteiger partial charge >= 0.3 is 0 Å². The summed E-state index contributed by atoms with van der Waals surface area (Å²) in [6.07, 6.45) is 2.97. The zero-order chi connectivity index (χ0) is 23.0. The van der Waals surface area contributed by atoms with Crippen LogP contribution in [0.5, 0.6) is 0 Å². The van der Waals surface area contributed by atoms with Gasteiger partial charge in [-0.05, 0) is 37.1 Å². The molecule has 2 N–H and O–H groups in total. The van der Waals surface area contributed by atoms with Crippen LogP contribution in [0.2, 0.25) is 0 Å². The molecule has 33 heavy (non-hydrogen) atoms. The van der Waals surface area contributed by atoms with Gasteiger partial charge in [-0.3, -0.25) is 4.79 Å². The molecule has 0 saturated carbocycles. The maximum atomic E-state index is 12.9. The summed E-state index contributed by atoms with van der Waals surface area (Å²) in [5, 5.41) is 5.72. The van der Waals surface area contributed by atoms with Gasteiger partial charge in [-0.1, -0.05) is 24.3 Å². The van der Waals surface area contributed by atoms with Crippen LogP contribution in [0, 0.1) is 0 Å². The topological polar surface area (TPSA) is 108 Å². The van der Waals surface area contributed by atoms with E-state index in [1.54, 1.807) is 0 Å². The molecular weight excluding hydrogens is 458 g/mol. The molecule has 170 valence electrons. The Morgan fingerprint density at radius 3 is 2.76 bits per heavy atom. The van der Waals surface area contributed by atoms with Crippen molar-refractivity contribution in [2.75, 3.05) is 24.7 Å². The Morgan fingerprint density at radius 2 is 1.94 bits per heavy atom. The molecule has 0 bridgehead atoms. The van der Waals surface area contributed by atoms with Crippen LogP contribution in [0.4, 0.5) is 5.69 Å². The number of piperidine rings is 1. The van der Waals surface area contributed by atoms with Crippen LogP contribution in [0.1, 0.15) is 35.1 Å². The molecule has 1 amide bonds. The summed E-state index contributed by atoms with van der Waals surface area (Å²) >= 11 is 1.49. The van der Waals surface area contributed by atoms with E-state index in [1.807, 2.05) is 53.9 Å². The van der Waals surface area contributed by atoms with Crippen molar-refractivity contribution in [1.82, 2.24) is 19.3 Å². The van der Waals surface area contributed by atoms with Gasteiger partial charge in [0.1, 0.15) is 5.01 Å². The van der Waals surface area contributed by atoms with E-state index in [9.17, 15) is 13.2 Å². The summed E-state index contributed by atoms with van der Waals surface area (Å²) in [4.78, 5) is 25.1. The highest BCUT2D eigenvalue weighted by Crippen LogP contribution is 2.35. The molecule has 1 aliphatic heterocycles. The summed E-state index contributed by atoms with van der Waals surface area (Å²) in [6.45, 7) is 1.01. The highest BCUT2D eigenvalue weighted by molar-refractivity contribution is 7.88. The Labute approximate surface area is 195 Å². The fourth-order valence-electron chi connectivity index (χ4n) is 4.10. The zero-order valence-corrected chi connectivity index (χ0v) is 19.6. The van der Waals surface area contributed by atoms with E-state index in [4.69, 9.17) is 4.98 Å². The molecule has 1 aliphatic rings. The van der Waals surface area contributed by atoms with Crippen molar-refractivity contribution in [1.29, 1.82) is 0 Å². The van der Waals surface area contributed by atoms with E-state index in [0.29, 0.717) is 18.8 Å². The zero-order valence-electron chi connectivity index (χ0n) is 18.0. The molecule has 1 saturated heterocycles. The fourth-order valence-corrected chi connectivity index (χ4v) is 5.95. The third-order valence-electron chi connectivity index (χ3n) is 5.80. The van der Waals surface area contributed by atoms with Crippen molar-refractivity contribution < 1.29 is 13.2 Å².